The van der Waals surface area contributed by atoms with Crippen molar-refractivity contribution in [1.29, 1.82) is 0 Å². The lowest BCUT2D eigenvalue weighted by molar-refractivity contribution is 0.0629. The summed E-state index contributed by atoms with van der Waals surface area (Å²) < 4.78 is 5.60. The third kappa shape index (κ3) is 2.41. The molecular formula is C18H21ClN4O. The molecule has 1 aromatic carbocycles. The standard InChI is InChI=1S/C18H21ClN4O/c1-12-10-24-11-18(12,20-2)23-5-3-13(4-6-23)15-8-17-14(7-16(15)19)9-21-22-17/h7-9,12-13H,3-6,10-11H2,1H3,(H,21,22). The molecule has 2 aromatic rings. The van der Waals surface area contributed by atoms with E-state index in [1.54, 1.807) is 6.20 Å². The van der Waals surface area contributed by atoms with Crippen molar-refractivity contribution in [2.24, 2.45) is 5.92 Å². The van der Waals surface area contributed by atoms with E-state index < -0.39 is 5.66 Å². The highest BCUT2D eigenvalue weighted by molar-refractivity contribution is 6.32. The number of benzene rings is 1. The molecule has 2 aliphatic rings. The Bertz CT molecular complexity index is 790. The fourth-order valence-corrected chi connectivity index (χ4v) is 4.48. The number of likely N-dealkylation sites (tertiary alicyclic amines) is 1. The van der Waals surface area contributed by atoms with Gasteiger partial charge in [0.2, 0.25) is 0 Å². The Kier molecular flexibility index (Phi) is 4.00. The average molecular weight is 345 g/mol. The van der Waals surface area contributed by atoms with Gasteiger partial charge in [0.15, 0.2) is 0 Å². The van der Waals surface area contributed by atoms with Crippen LogP contribution in [0.15, 0.2) is 18.3 Å². The van der Waals surface area contributed by atoms with E-state index in [-0.39, 0.29) is 5.92 Å². The van der Waals surface area contributed by atoms with E-state index >= 15 is 0 Å². The smallest absolute Gasteiger partial charge is 0.316 e. The number of hydrogen-bond acceptors (Lipinski definition) is 3. The van der Waals surface area contributed by atoms with Gasteiger partial charge in [-0.2, -0.15) is 5.10 Å². The molecule has 5 nitrogen and oxygen atoms in total. The molecule has 4 rings (SSSR count). The van der Waals surface area contributed by atoms with Crippen LogP contribution in [0.3, 0.4) is 0 Å². The van der Waals surface area contributed by atoms with Crippen LogP contribution in [0.5, 0.6) is 0 Å². The van der Waals surface area contributed by atoms with Gasteiger partial charge >= 0.3 is 5.66 Å². The minimum atomic E-state index is -0.470. The van der Waals surface area contributed by atoms with Crippen molar-refractivity contribution in [2.75, 3.05) is 26.3 Å². The maximum atomic E-state index is 7.71. The monoisotopic (exact) mass is 344 g/mol. The van der Waals surface area contributed by atoms with E-state index in [2.05, 4.69) is 32.9 Å². The third-order valence-corrected chi connectivity index (χ3v) is 6.03. The first-order valence-corrected chi connectivity index (χ1v) is 8.86. The van der Waals surface area contributed by atoms with Crippen LogP contribution in [-0.4, -0.2) is 47.1 Å². The highest BCUT2D eigenvalue weighted by Gasteiger charge is 2.53. The van der Waals surface area contributed by atoms with Gasteiger partial charge in [0.05, 0.1) is 24.2 Å². The van der Waals surface area contributed by atoms with Crippen molar-refractivity contribution in [2.45, 2.75) is 31.3 Å². The summed E-state index contributed by atoms with van der Waals surface area (Å²) in [7, 11) is 0. The lowest BCUT2D eigenvalue weighted by Crippen LogP contribution is -2.53. The Morgan fingerprint density at radius 1 is 1.42 bits per heavy atom. The summed E-state index contributed by atoms with van der Waals surface area (Å²) in [4.78, 5) is 6.31. The van der Waals surface area contributed by atoms with Crippen LogP contribution in [0.1, 0.15) is 31.2 Å². The van der Waals surface area contributed by atoms with Gasteiger partial charge in [0, 0.05) is 23.5 Å². The second-order valence-corrected chi connectivity index (χ2v) is 7.41. The molecule has 2 unspecified atom stereocenters. The minimum Gasteiger partial charge on any atom is -0.371 e. The molecule has 3 heterocycles. The van der Waals surface area contributed by atoms with E-state index in [1.807, 2.05) is 6.07 Å². The van der Waals surface area contributed by atoms with Crippen LogP contribution < -0.4 is 0 Å². The van der Waals surface area contributed by atoms with Crippen LogP contribution >= 0.6 is 11.6 Å². The molecule has 2 fully saturated rings. The summed E-state index contributed by atoms with van der Waals surface area (Å²) in [6.45, 7) is 12.9. The predicted octanol–water partition coefficient (Wildman–Crippen LogP) is 3.68. The van der Waals surface area contributed by atoms with Crippen LogP contribution in [0.4, 0.5) is 0 Å². The van der Waals surface area contributed by atoms with Crippen molar-refractivity contribution in [1.82, 2.24) is 15.1 Å². The van der Waals surface area contributed by atoms with Gasteiger partial charge in [-0.1, -0.05) is 18.5 Å². The Hall–Kier alpha value is -1.61. The van der Waals surface area contributed by atoms with Crippen molar-refractivity contribution in [3.05, 3.63) is 40.3 Å². The number of fused-ring (bicyclic) bond motifs is 1. The highest BCUT2D eigenvalue weighted by Crippen LogP contribution is 2.40. The van der Waals surface area contributed by atoms with E-state index in [0.29, 0.717) is 19.1 Å². The second kappa shape index (κ2) is 6.03. The largest absolute Gasteiger partial charge is 0.371 e. The summed E-state index contributed by atoms with van der Waals surface area (Å²) in [5, 5.41) is 8.97. The van der Waals surface area contributed by atoms with Gasteiger partial charge < -0.3 is 4.74 Å². The van der Waals surface area contributed by atoms with Gasteiger partial charge in [0.25, 0.3) is 0 Å². The number of H-pyrrole nitrogens is 1. The molecule has 0 spiro atoms. The van der Waals surface area contributed by atoms with Gasteiger partial charge in [-0.3, -0.25) is 9.94 Å². The molecule has 0 bridgehead atoms. The normalized spacial score (nSPS) is 29.1. The SMILES string of the molecule is [C-]#[N+]C1(N2CCC(c3cc4[nH]ncc4cc3Cl)CC2)COCC1C. The predicted molar refractivity (Wildman–Crippen MR) is 94.0 cm³/mol. The number of nitrogens with zero attached hydrogens (tertiary/aromatic N) is 3. The number of aromatic nitrogens is 2. The number of hydrogen-bond donors (Lipinski definition) is 1. The van der Waals surface area contributed by atoms with Gasteiger partial charge in [-0.15, -0.1) is 0 Å². The quantitative estimate of drug-likeness (QED) is 0.845. The Balaban J connectivity index is 1.53. The van der Waals surface area contributed by atoms with Crippen molar-refractivity contribution in [3.63, 3.8) is 0 Å². The van der Waals surface area contributed by atoms with Crippen LogP contribution in [-0.2, 0) is 4.74 Å². The number of ether oxygens (including phenoxy) is 1. The lowest BCUT2D eigenvalue weighted by Gasteiger charge is -2.38. The number of nitrogens with one attached hydrogen (secondary N) is 1. The Labute approximate surface area is 146 Å². The molecule has 1 N–H and O–H groups in total. The maximum Gasteiger partial charge on any atom is 0.316 e. The third-order valence-electron chi connectivity index (χ3n) is 5.71. The summed E-state index contributed by atoms with van der Waals surface area (Å²) in [6.07, 6.45) is 3.83. The molecule has 6 heteroatoms. The summed E-state index contributed by atoms with van der Waals surface area (Å²) in [6, 6.07) is 4.13. The Morgan fingerprint density at radius 3 is 2.88 bits per heavy atom. The molecule has 0 amide bonds. The topological polar surface area (TPSA) is 45.5 Å². The molecule has 0 aliphatic carbocycles. The fraction of sp³-hybridized carbons (Fsp3) is 0.556. The molecule has 2 saturated heterocycles. The lowest BCUT2D eigenvalue weighted by atomic mass is 9.86. The average Bonchev–Trinajstić information content (AvgIpc) is 3.20. The molecular weight excluding hydrogens is 324 g/mol. The maximum absolute atomic E-state index is 7.71. The van der Waals surface area contributed by atoms with E-state index in [4.69, 9.17) is 22.9 Å². The summed E-state index contributed by atoms with van der Waals surface area (Å²) in [5.74, 6) is 0.693. The molecule has 24 heavy (non-hydrogen) atoms. The van der Waals surface area contributed by atoms with Gasteiger partial charge in [-0.25, -0.2) is 11.5 Å². The zero-order valence-electron chi connectivity index (χ0n) is 13.8. The number of piperidine rings is 1. The summed E-state index contributed by atoms with van der Waals surface area (Å²) >= 11 is 6.51. The molecule has 0 saturated carbocycles. The first-order chi connectivity index (χ1) is 11.6. The molecule has 2 atom stereocenters. The van der Waals surface area contributed by atoms with Crippen LogP contribution in [0.2, 0.25) is 5.02 Å². The van der Waals surface area contributed by atoms with E-state index in [1.165, 1.54) is 5.56 Å². The second-order valence-electron chi connectivity index (χ2n) is 7.00. The number of aromatic amines is 1. The molecule has 126 valence electrons. The molecule has 2 aliphatic heterocycles. The van der Waals surface area contributed by atoms with Gasteiger partial charge in [0.1, 0.15) is 6.61 Å². The molecule has 1 aromatic heterocycles. The van der Waals surface area contributed by atoms with Crippen molar-refractivity contribution < 1.29 is 4.74 Å². The first kappa shape index (κ1) is 15.9. The minimum absolute atomic E-state index is 0.261. The number of halogens is 1. The van der Waals surface area contributed by atoms with Crippen molar-refractivity contribution >= 4 is 22.5 Å². The zero-order valence-corrected chi connectivity index (χ0v) is 14.5. The molecule has 0 radical (unpaired) electrons. The van der Waals surface area contributed by atoms with E-state index in [0.717, 1.165) is 41.9 Å². The summed E-state index contributed by atoms with van der Waals surface area (Å²) in [5.41, 5.74) is 1.76. The van der Waals surface area contributed by atoms with Crippen LogP contribution in [0, 0.1) is 12.5 Å². The van der Waals surface area contributed by atoms with Crippen LogP contribution in [0.25, 0.3) is 15.7 Å². The van der Waals surface area contributed by atoms with Gasteiger partial charge in [-0.05, 0) is 36.5 Å². The highest BCUT2D eigenvalue weighted by atomic mass is 35.5. The zero-order chi connectivity index (χ0) is 16.7. The van der Waals surface area contributed by atoms with E-state index in [9.17, 15) is 0 Å². The Morgan fingerprint density at radius 2 is 2.21 bits per heavy atom. The first-order valence-electron chi connectivity index (χ1n) is 8.48. The fourth-order valence-electron chi connectivity index (χ4n) is 4.15. The number of rotatable bonds is 2. The van der Waals surface area contributed by atoms with Crippen molar-refractivity contribution in [3.8, 4) is 0 Å².